The van der Waals surface area contributed by atoms with Crippen molar-refractivity contribution in [1.82, 2.24) is 0 Å². The first-order chi connectivity index (χ1) is 10.1. The molecule has 5 heteroatoms. The maximum absolute atomic E-state index is 12.1. The van der Waals surface area contributed by atoms with E-state index in [1.54, 1.807) is 6.07 Å². The Hall–Kier alpha value is -1.52. The summed E-state index contributed by atoms with van der Waals surface area (Å²) in [6, 6.07) is 2.36. The summed E-state index contributed by atoms with van der Waals surface area (Å²) in [6.45, 7) is 0.593. The van der Waals surface area contributed by atoms with Crippen LogP contribution in [0.5, 0.6) is 5.75 Å². The molecule has 2 aromatic rings. The molecule has 0 spiro atoms. The van der Waals surface area contributed by atoms with Gasteiger partial charge in [0.05, 0.1) is 16.6 Å². The minimum Gasteiger partial charge on any atom is -0.506 e. The van der Waals surface area contributed by atoms with Crippen molar-refractivity contribution in [2.75, 3.05) is 0 Å². The molecule has 1 aromatic carbocycles. The van der Waals surface area contributed by atoms with Crippen LogP contribution in [0.2, 0.25) is 5.02 Å². The van der Waals surface area contributed by atoms with Crippen molar-refractivity contribution < 1.29 is 14.8 Å². The van der Waals surface area contributed by atoms with Crippen molar-refractivity contribution >= 4 is 22.6 Å². The number of aryl methyl sites for hydroxylation is 1. The molecule has 0 atom stereocenters. The fraction of sp³-hybridized carbons (Fsp3) is 0.438. The van der Waals surface area contributed by atoms with E-state index in [9.17, 15) is 9.90 Å². The number of rotatable bonds is 3. The summed E-state index contributed by atoms with van der Waals surface area (Å²) in [5.41, 5.74) is 2.73. The van der Waals surface area contributed by atoms with Gasteiger partial charge in [-0.25, -0.2) is 4.79 Å². The predicted octanol–water partition coefficient (Wildman–Crippen LogP) is 1.87. The molecule has 1 saturated carbocycles. The fourth-order valence-corrected chi connectivity index (χ4v) is 3.47. The van der Waals surface area contributed by atoms with Gasteiger partial charge in [-0.3, -0.25) is 0 Å². The molecular weight excluding hydrogens is 290 g/mol. The predicted molar refractivity (Wildman–Crippen MR) is 79.8 cm³/mol. The van der Waals surface area contributed by atoms with Gasteiger partial charge in [-0.15, -0.1) is 0 Å². The Morgan fingerprint density at radius 2 is 2.10 bits per heavy atom. The van der Waals surface area contributed by atoms with E-state index < -0.39 is 0 Å². The lowest BCUT2D eigenvalue weighted by Crippen LogP contribution is -2.84. The van der Waals surface area contributed by atoms with E-state index in [1.165, 1.54) is 12.8 Å². The SMILES string of the molecule is O=c1oc2c(C[NH2+]C3CC3)c(O)c(Cl)cc2c2c1CCC2. The number of aromatic hydroxyl groups is 1. The maximum atomic E-state index is 12.1. The standard InChI is InChI=1S/C16H16ClNO3/c17-13-6-11-9-2-1-3-10(9)16(20)21-15(11)12(14(13)19)7-18-8-4-5-8/h6,8,18-19H,1-5,7H2/p+1. The van der Waals surface area contributed by atoms with E-state index in [2.05, 4.69) is 5.32 Å². The van der Waals surface area contributed by atoms with E-state index in [-0.39, 0.29) is 11.4 Å². The number of hydrogen-bond acceptors (Lipinski definition) is 3. The van der Waals surface area contributed by atoms with Crippen LogP contribution in [0.15, 0.2) is 15.3 Å². The van der Waals surface area contributed by atoms with Crippen LogP contribution < -0.4 is 10.9 Å². The smallest absolute Gasteiger partial charge is 0.339 e. The van der Waals surface area contributed by atoms with Gasteiger partial charge in [-0.1, -0.05) is 11.6 Å². The van der Waals surface area contributed by atoms with Gasteiger partial charge in [0.1, 0.15) is 12.3 Å². The lowest BCUT2D eigenvalue weighted by Gasteiger charge is -2.11. The highest BCUT2D eigenvalue weighted by Crippen LogP contribution is 2.37. The zero-order valence-corrected chi connectivity index (χ0v) is 12.4. The second kappa shape index (κ2) is 4.75. The molecule has 1 aromatic heterocycles. The molecule has 0 saturated heterocycles. The first kappa shape index (κ1) is 13.2. The highest BCUT2D eigenvalue weighted by molar-refractivity contribution is 6.33. The van der Waals surface area contributed by atoms with Gasteiger partial charge in [0.25, 0.3) is 0 Å². The molecule has 2 aliphatic rings. The van der Waals surface area contributed by atoms with Gasteiger partial charge in [-0.05, 0) is 30.9 Å². The second-order valence-electron chi connectivity index (χ2n) is 6.04. The topological polar surface area (TPSA) is 67.0 Å². The zero-order chi connectivity index (χ0) is 14.6. The molecule has 0 amide bonds. The number of fused-ring (bicyclic) bond motifs is 3. The molecule has 0 bridgehead atoms. The molecule has 2 aliphatic carbocycles. The third-order valence-electron chi connectivity index (χ3n) is 4.56. The average molecular weight is 307 g/mol. The first-order valence-corrected chi connectivity index (χ1v) is 7.85. The Morgan fingerprint density at radius 1 is 1.33 bits per heavy atom. The van der Waals surface area contributed by atoms with Crippen LogP contribution in [0, 0.1) is 0 Å². The summed E-state index contributed by atoms with van der Waals surface area (Å²) in [5, 5.41) is 13.7. The normalized spacial score (nSPS) is 17.4. The number of nitrogens with two attached hydrogens (primary N) is 1. The van der Waals surface area contributed by atoms with Gasteiger partial charge in [0.15, 0.2) is 5.58 Å². The Morgan fingerprint density at radius 3 is 2.86 bits per heavy atom. The molecule has 3 N–H and O–H groups in total. The van der Waals surface area contributed by atoms with Crippen LogP contribution >= 0.6 is 11.6 Å². The van der Waals surface area contributed by atoms with Crippen LogP contribution in [-0.4, -0.2) is 11.1 Å². The summed E-state index contributed by atoms with van der Waals surface area (Å²) >= 11 is 6.18. The van der Waals surface area contributed by atoms with Crippen LogP contribution in [0.4, 0.5) is 0 Å². The number of hydrogen-bond donors (Lipinski definition) is 2. The fourth-order valence-electron chi connectivity index (χ4n) is 3.24. The van der Waals surface area contributed by atoms with Gasteiger partial charge in [-0.2, -0.15) is 0 Å². The van der Waals surface area contributed by atoms with Crippen LogP contribution in [0.3, 0.4) is 0 Å². The Kier molecular flexibility index (Phi) is 2.98. The minimum absolute atomic E-state index is 0.0437. The molecule has 0 unspecified atom stereocenters. The molecule has 0 radical (unpaired) electrons. The van der Waals surface area contributed by atoms with Crippen molar-refractivity contribution in [3.8, 4) is 5.75 Å². The van der Waals surface area contributed by atoms with Gasteiger partial charge < -0.3 is 14.8 Å². The van der Waals surface area contributed by atoms with E-state index in [4.69, 9.17) is 16.0 Å². The minimum atomic E-state index is -0.260. The van der Waals surface area contributed by atoms with E-state index >= 15 is 0 Å². The summed E-state index contributed by atoms with van der Waals surface area (Å²) in [4.78, 5) is 12.1. The second-order valence-corrected chi connectivity index (χ2v) is 6.45. The van der Waals surface area contributed by atoms with Crippen LogP contribution in [0.1, 0.15) is 36.0 Å². The van der Waals surface area contributed by atoms with Crippen molar-refractivity contribution in [3.63, 3.8) is 0 Å². The zero-order valence-electron chi connectivity index (χ0n) is 11.6. The Labute approximate surface area is 126 Å². The monoisotopic (exact) mass is 306 g/mol. The largest absolute Gasteiger partial charge is 0.506 e. The molecule has 4 nitrogen and oxygen atoms in total. The van der Waals surface area contributed by atoms with Crippen molar-refractivity contribution in [1.29, 1.82) is 0 Å². The molecule has 0 aliphatic heterocycles. The lowest BCUT2D eigenvalue weighted by molar-refractivity contribution is -0.683. The molecule has 1 fully saturated rings. The molecule has 21 heavy (non-hydrogen) atoms. The van der Waals surface area contributed by atoms with Crippen molar-refractivity contribution in [2.24, 2.45) is 0 Å². The number of benzene rings is 1. The molecular formula is C16H17ClNO3+. The molecule has 1 heterocycles. The first-order valence-electron chi connectivity index (χ1n) is 7.47. The molecule has 4 rings (SSSR count). The Bertz CT molecular complexity index is 792. The van der Waals surface area contributed by atoms with Crippen LogP contribution in [-0.2, 0) is 19.4 Å². The number of quaternary nitrogens is 1. The highest BCUT2D eigenvalue weighted by Gasteiger charge is 2.28. The maximum Gasteiger partial charge on any atom is 0.339 e. The van der Waals surface area contributed by atoms with E-state index in [0.717, 1.165) is 35.8 Å². The number of halogens is 1. The summed E-state index contributed by atoms with van der Waals surface area (Å²) < 4.78 is 5.53. The summed E-state index contributed by atoms with van der Waals surface area (Å²) in [7, 11) is 0. The van der Waals surface area contributed by atoms with E-state index in [1.807, 2.05) is 0 Å². The molecule has 110 valence electrons. The summed E-state index contributed by atoms with van der Waals surface area (Å²) in [5.74, 6) is 0.0437. The van der Waals surface area contributed by atoms with Gasteiger partial charge >= 0.3 is 5.63 Å². The van der Waals surface area contributed by atoms with E-state index in [0.29, 0.717) is 28.8 Å². The number of phenolic OH excluding ortho intramolecular Hbond substituents is 1. The quantitative estimate of drug-likeness (QED) is 0.851. The van der Waals surface area contributed by atoms with Gasteiger partial charge in [0.2, 0.25) is 0 Å². The van der Waals surface area contributed by atoms with Gasteiger partial charge in [0, 0.05) is 23.8 Å². The number of phenols is 1. The highest BCUT2D eigenvalue weighted by atomic mass is 35.5. The van der Waals surface area contributed by atoms with Crippen molar-refractivity contribution in [3.05, 3.63) is 38.2 Å². The lowest BCUT2D eigenvalue weighted by atomic mass is 10.0. The third kappa shape index (κ3) is 2.14. The van der Waals surface area contributed by atoms with Crippen LogP contribution in [0.25, 0.3) is 11.0 Å². The summed E-state index contributed by atoms with van der Waals surface area (Å²) in [6.07, 6.45) is 5.04. The third-order valence-corrected chi connectivity index (χ3v) is 4.85. The van der Waals surface area contributed by atoms with Crippen molar-refractivity contribution in [2.45, 2.75) is 44.7 Å². The Balaban J connectivity index is 1.95. The average Bonchev–Trinajstić information content (AvgIpc) is 3.15.